The molecule has 0 atom stereocenters. The van der Waals surface area contributed by atoms with Crippen molar-refractivity contribution >= 4 is 31.3 Å². The van der Waals surface area contributed by atoms with E-state index >= 15 is 0 Å². The number of hydrogen-bond donors (Lipinski definition) is 0. The van der Waals surface area contributed by atoms with E-state index in [9.17, 15) is 19.2 Å². The summed E-state index contributed by atoms with van der Waals surface area (Å²) >= 11 is 0. The molecule has 4 aromatic carbocycles. The predicted molar refractivity (Wildman–Crippen MR) is 141 cm³/mol. The molecule has 0 saturated carbocycles. The van der Waals surface area contributed by atoms with E-state index in [4.69, 9.17) is 9.31 Å². The van der Waals surface area contributed by atoms with Crippen molar-refractivity contribution in [3.05, 3.63) is 130 Å². The fraction of sp³-hybridized carbons (Fsp3) is 0.0667. The first kappa shape index (κ1) is 24.2. The SMILES string of the molecule is O=C1c2ccccc2C(=O)N1Cc1ccccc1O[B]Oc1ccccc1CN1C(=O)c2ccccc2C1=O. The Hall–Kier alpha value is -5.18. The van der Waals surface area contributed by atoms with Gasteiger partial charge in [-0.3, -0.25) is 29.0 Å². The highest BCUT2D eigenvalue weighted by atomic mass is 16.6. The highest BCUT2D eigenvalue weighted by Crippen LogP contribution is 2.29. The molecule has 4 aromatic rings. The van der Waals surface area contributed by atoms with Crippen LogP contribution in [-0.4, -0.2) is 41.1 Å². The van der Waals surface area contributed by atoms with Crippen molar-refractivity contribution in [2.45, 2.75) is 13.1 Å². The van der Waals surface area contributed by atoms with E-state index in [0.717, 1.165) is 7.69 Å². The summed E-state index contributed by atoms with van der Waals surface area (Å²) < 4.78 is 11.5. The summed E-state index contributed by atoms with van der Waals surface area (Å²) in [6.45, 7) is 0.0688. The highest BCUT2D eigenvalue weighted by molar-refractivity contribution is 6.22. The van der Waals surface area contributed by atoms with Gasteiger partial charge in [0.25, 0.3) is 23.6 Å². The molecule has 0 bridgehead atoms. The van der Waals surface area contributed by atoms with E-state index in [0.29, 0.717) is 44.9 Å². The number of rotatable bonds is 8. The van der Waals surface area contributed by atoms with Crippen LogP contribution in [-0.2, 0) is 13.1 Å². The second-order valence-corrected chi connectivity index (χ2v) is 9.03. The first-order valence-electron chi connectivity index (χ1n) is 12.2. The second kappa shape index (κ2) is 9.94. The highest BCUT2D eigenvalue weighted by Gasteiger charge is 2.36. The van der Waals surface area contributed by atoms with Gasteiger partial charge in [0, 0.05) is 11.1 Å². The standard InChI is InChI=1S/C30H20BN2O6/c34-27-21-11-3-4-12-22(21)28(35)32(27)17-19-9-1-7-15-25(19)38-31-39-26-16-8-2-10-20(26)18-33-29(36)23-13-5-6-14-24(23)30(33)37/h1-16H,17-18H2. The molecule has 2 heterocycles. The van der Waals surface area contributed by atoms with Gasteiger partial charge in [-0.25, -0.2) is 0 Å². The molecule has 2 aliphatic heterocycles. The Kier molecular flexibility index (Phi) is 6.16. The molecule has 0 aromatic heterocycles. The number of para-hydroxylation sites is 2. The van der Waals surface area contributed by atoms with E-state index in [2.05, 4.69) is 0 Å². The Balaban J connectivity index is 1.14. The summed E-state index contributed by atoms with van der Waals surface area (Å²) in [5, 5.41) is 0. The topological polar surface area (TPSA) is 93.2 Å². The minimum Gasteiger partial charge on any atom is -0.526 e. The van der Waals surface area contributed by atoms with Gasteiger partial charge in [-0.1, -0.05) is 60.7 Å². The van der Waals surface area contributed by atoms with Gasteiger partial charge in [0.2, 0.25) is 0 Å². The van der Waals surface area contributed by atoms with Crippen LogP contribution in [0.15, 0.2) is 97.1 Å². The van der Waals surface area contributed by atoms with Crippen LogP contribution >= 0.6 is 0 Å². The van der Waals surface area contributed by atoms with Crippen LogP contribution in [0.4, 0.5) is 0 Å². The molecule has 6 rings (SSSR count). The lowest BCUT2D eigenvalue weighted by Crippen LogP contribution is -2.29. The maximum Gasteiger partial charge on any atom is 0.658 e. The Labute approximate surface area is 224 Å². The van der Waals surface area contributed by atoms with Crippen molar-refractivity contribution in [1.82, 2.24) is 9.80 Å². The Morgan fingerprint density at radius 3 is 1.13 bits per heavy atom. The maximum atomic E-state index is 12.8. The van der Waals surface area contributed by atoms with Gasteiger partial charge in [0.1, 0.15) is 11.5 Å². The molecule has 0 N–H and O–H groups in total. The number of carbonyl (C=O) groups excluding carboxylic acids is 4. The molecular weight excluding hydrogens is 495 g/mol. The summed E-state index contributed by atoms with van der Waals surface area (Å²) in [7, 11) is 1.14. The summed E-state index contributed by atoms with van der Waals surface area (Å²) in [5.41, 5.74) is 2.75. The van der Waals surface area contributed by atoms with Crippen LogP contribution in [0.2, 0.25) is 0 Å². The summed E-state index contributed by atoms with van der Waals surface area (Å²) in [5.74, 6) is -0.598. The van der Waals surface area contributed by atoms with Crippen LogP contribution in [0.25, 0.3) is 0 Å². The Morgan fingerprint density at radius 1 is 0.462 bits per heavy atom. The van der Waals surface area contributed by atoms with Gasteiger partial charge in [0.15, 0.2) is 0 Å². The fourth-order valence-electron chi connectivity index (χ4n) is 4.73. The lowest BCUT2D eigenvalue weighted by atomic mass is 10.1. The lowest BCUT2D eigenvalue weighted by molar-refractivity contribution is 0.0627. The average Bonchev–Trinajstić information content (AvgIpc) is 3.35. The van der Waals surface area contributed by atoms with Crippen LogP contribution in [0.5, 0.6) is 11.5 Å². The first-order valence-corrected chi connectivity index (χ1v) is 12.2. The molecule has 0 unspecified atom stereocenters. The normalized spacial score (nSPS) is 13.9. The van der Waals surface area contributed by atoms with Crippen LogP contribution in [0, 0.1) is 0 Å². The smallest absolute Gasteiger partial charge is 0.526 e. The molecule has 2 aliphatic rings. The summed E-state index contributed by atoms with van der Waals surface area (Å²) in [6.07, 6.45) is 0. The Bertz CT molecular complexity index is 1460. The first-order chi connectivity index (χ1) is 19.0. The zero-order chi connectivity index (χ0) is 26.9. The van der Waals surface area contributed by atoms with Crippen molar-refractivity contribution in [3.8, 4) is 11.5 Å². The van der Waals surface area contributed by atoms with E-state index in [-0.39, 0.29) is 36.7 Å². The molecule has 8 nitrogen and oxygen atoms in total. The van der Waals surface area contributed by atoms with Crippen molar-refractivity contribution < 1.29 is 28.5 Å². The number of hydrogen-bond acceptors (Lipinski definition) is 6. The van der Waals surface area contributed by atoms with Gasteiger partial charge in [0.05, 0.1) is 35.3 Å². The average molecular weight is 515 g/mol. The van der Waals surface area contributed by atoms with Crippen molar-refractivity contribution in [3.63, 3.8) is 0 Å². The Morgan fingerprint density at radius 2 is 0.769 bits per heavy atom. The maximum absolute atomic E-state index is 12.8. The number of amides is 4. The van der Waals surface area contributed by atoms with Gasteiger partial charge < -0.3 is 9.31 Å². The third-order valence-electron chi connectivity index (χ3n) is 6.71. The third-order valence-corrected chi connectivity index (χ3v) is 6.71. The monoisotopic (exact) mass is 515 g/mol. The van der Waals surface area contributed by atoms with Crippen molar-refractivity contribution in [2.75, 3.05) is 0 Å². The minimum atomic E-state index is -0.354. The van der Waals surface area contributed by atoms with E-state index in [1.54, 1.807) is 97.1 Å². The van der Waals surface area contributed by atoms with Gasteiger partial charge in [-0.2, -0.15) is 0 Å². The summed E-state index contributed by atoms with van der Waals surface area (Å²) in [6, 6.07) is 27.5. The third kappa shape index (κ3) is 4.33. The van der Waals surface area contributed by atoms with E-state index < -0.39 is 0 Å². The predicted octanol–water partition coefficient (Wildman–Crippen LogP) is 4.27. The molecule has 189 valence electrons. The molecule has 0 fully saturated rings. The lowest BCUT2D eigenvalue weighted by Gasteiger charge is -2.18. The quantitative estimate of drug-likeness (QED) is 0.257. The van der Waals surface area contributed by atoms with Crippen LogP contribution in [0.1, 0.15) is 52.6 Å². The van der Waals surface area contributed by atoms with E-state index in [1.165, 1.54) is 9.80 Å². The van der Waals surface area contributed by atoms with Gasteiger partial charge in [-0.05, 0) is 36.4 Å². The molecule has 39 heavy (non-hydrogen) atoms. The van der Waals surface area contributed by atoms with Gasteiger partial charge >= 0.3 is 7.69 Å². The van der Waals surface area contributed by atoms with E-state index in [1.807, 2.05) is 0 Å². The van der Waals surface area contributed by atoms with Crippen molar-refractivity contribution in [1.29, 1.82) is 0 Å². The molecule has 1 radical (unpaired) electrons. The molecule has 4 amide bonds. The molecular formula is C30H20BN2O6. The minimum absolute atomic E-state index is 0.0344. The molecule has 0 spiro atoms. The fourth-order valence-corrected chi connectivity index (χ4v) is 4.73. The molecule has 0 aliphatic carbocycles. The van der Waals surface area contributed by atoms with Crippen LogP contribution < -0.4 is 9.31 Å². The summed E-state index contributed by atoms with van der Waals surface area (Å²) in [4.78, 5) is 53.6. The number of benzene rings is 4. The number of carbonyl (C=O) groups is 4. The second-order valence-electron chi connectivity index (χ2n) is 9.03. The number of nitrogens with zero attached hydrogens (tertiary/aromatic N) is 2. The molecule has 9 heteroatoms. The zero-order valence-electron chi connectivity index (χ0n) is 20.6. The number of fused-ring (bicyclic) bond motifs is 2. The van der Waals surface area contributed by atoms with Crippen molar-refractivity contribution in [2.24, 2.45) is 0 Å². The van der Waals surface area contributed by atoms with Crippen LogP contribution in [0.3, 0.4) is 0 Å². The van der Waals surface area contributed by atoms with Gasteiger partial charge in [-0.15, -0.1) is 0 Å². The number of imide groups is 2. The molecule has 0 saturated heterocycles. The largest absolute Gasteiger partial charge is 0.658 e. The zero-order valence-corrected chi connectivity index (χ0v) is 20.6.